The number of benzene rings is 4. The third-order valence-electron chi connectivity index (χ3n) is 5.13. The van der Waals surface area contributed by atoms with E-state index in [9.17, 15) is 9.90 Å². The highest BCUT2D eigenvalue weighted by Gasteiger charge is 2.11. The number of aromatic hydroxyl groups is 1. The molecule has 6 heteroatoms. The SMILES string of the molecule is O=C(N/N=C/c1cc2ccccc2cc1O)c1cc(-c2ccc3ccccc3c2)n[nH]1. The smallest absolute Gasteiger partial charge is 0.289 e. The number of aromatic nitrogens is 2. The minimum atomic E-state index is -0.420. The Bertz CT molecular complexity index is 1450. The number of nitrogens with zero attached hydrogens (tertiary/aromatic N) is 2. The van der Waals surface area contributed by atoms with Crippen molar-refractivity contribution in [2.24, 2.45) is 5.10 Å². The maximum atomic E-state index is 12.4. The molecule has 3 N–H and O–H groups in total. The largest absolute Gasteiger partial charge is 0.507 e. The summed E-state index contributed by atoms with van der Waals surface area (Å²) in [5, 5.41) is 25.3. The molecular weight excluding hydrogens is 388 g/mol. The van der Waals surface area contributed by atoms with Crippen LogP contribution in [0, 0.1) is 0 Å². The maximum absolute atomic E-state index is 12.4. The van der Waals surface area contributed by atoms with Gasteiger partial charge in [-0.05, 0) is 45.8 Å². The zero-order chi connectivity index (χ0) is 21.2. The van der Waals surface area contributed by atoms with Gasteiger partial charge in [0.05, 0.1) is 11.9 Å². The molecule has 1 heterocycles. The van der Waals surface area contributed by atoms with E-state index in [1.807, 2.05) is 72.8 Å². The molecule has 1 amide bonds. The van der Waals surface area contributed by atoms with Crippen molar-refractivity contribution < 1.29 is 9.90 Å². The number of phenols is 1. The number of hydrazone groups is 1. The molecule has 0 aliphatic carbocycles. The molecule has 1 aromatic heterocycles. The molecule has 6 nitrogen and oxygen atoms in total. The van der Waals surface area contributed by atoms with Crippen LogP contribution in [0.25, 0.3) is 32.8 Å². The summed E-state index contributed by atoms with van der Waals surface area (Å²) in [6, 6.07) is 27.0. The lowest BCUT2D eigenvalue weighted by Gasteiger charge is -2.03. The summed E-state index contributed by atoms with van der Waals surface area (Å²) in [5.74, 6) is -0.326. The Balaban J connectivity index is 1.32. The molecule has 0 unspecified atom stereocenters. The van der Waals surface area contributed by atoms with Crippen molar-refractivity contribution in [2.75, 3.05) is 0 Å². The maximum Gasteiger partial charge on any atom is 0.289 e. The lowest BCUT2D eigenvalue weighted by atomic mass is 10.1. The van der Waals surface area contributed by atoms with Gasteiger partial charge in [-0.25, -0.2) is 5.43 Å². The van der Waals surface area contributed by atoms with Gasteiger partial charge in [-0.1, -0.05) is 60.7 Å². The predicted molar refractivity (Wildman–Crippen MR) is 122 cm³/mol. The molecule has 31 heavy (non-hydrogen) atoms. The van der Waals surface area contributed by atoms with Crippen molar-refractivity contribution in [1.82, 2.24) is 15.6 Å². The van der Waals surface area contributed by atoms with Crippen LogP contribution in [-0.2, 0) is 0 Å². The van der Waals surface area contributed by atoms with Gasteiger partial charge < -0.3 is 5.11 Å². The molecule has 0 saturated heterocycles. The van der Waals surface area contributed by atoms with Crippen molar-refractivity contribution in [3.05, 3.63) is 96.2 Å². The Morgan fingerprint density at radius 1 is 0.871 bits per heavy atom. The second-order valence-corrected chi connectivity index (χ2v) is 7.19. The molecule has 0 radical (unpaired) electrons. The van der Waals surface area contributed by atoms with Gasteiger partial charge in [0, 0.05) is 11.1 Å². The van der Waals surface area contributed by atoms with Crippen LogP contribution in [0.2, 0.25) is 0 Å². The summed E-state index contributed by atoms with van der Waals surface area (Å²) in [6.45, 7) is 0. The quantitative estimate of drug-likeness (QED) is 0.294. The molecule has 4 aromatic carbocycles. The van der Waals surface area contributed by atoms with E-state index in [2.05, 4.69) is 20.7 Å². The predicted octanol–water partition coefficient (Wildman–Crippen LogP) is 4.85. The van der Waals surface area contributed by atoms with Crippen molar-refractivity contribution >= 4 is 33.7 Å². The fourth-order valence-electron chi connectivity index (χ4n) is 3.50. The van der Waals surface area contributed by atoms with Crippen molar-refractivity contribution in [2.45, 2.75) is 0 Å². The molecule has 0 spiro atoms. The van der Waals surface area contributed by atoms with Crippen LogP contribution in [-0.4, -0.2) is 27.4 Å². The first kappa shape index (κ1) is 18.6. The minimum Gasteiger partial charge on any atom is -0.507 e. The van der Waals surface area contributed by atoms with Gasteiger partial charge in [0.2, 0.25) is 0 Å². The van der Waals surface area contributed by atoms with E-state index in [0.29, 0.717) is 17.0 Å². The lowest BCUT2D eigenvalue weighted by Crippen LogP contribution is -2.18. The van der Waals surface area contributed by atoms with E-state index < -0.39 is 5.91 Å². The number of fused-ring (bicyclic) bond motifs is 2. The molecule has 5 aromatic rings. The Labute approximate surface area is 177 Å². The van der Waals surface area contributed by atoms with Crippen LogP contribution >= 0.6 is 0 Å². The van der Waals surface area contributed by atoms with Gasteiger partial charge in [0.25, 0.3) is 5.91 Å². The van der Waals surface area contributed by atoms with Crippen LogP contribution in [0.5, 0.6) is 5.75 Å². The van der Waals surface area contributed by atoms with Gasteiger partial charge in [-0.2, -0.15) is 10.2 Å². The van der Waals surface area contributed by atoms with Gasteiger partial charge >= 0.3 is 0 Å². The van der Waals surface area contributed by atoms with Crippen LogP contribution in [0.3, 0.4) is 0 Å². The number of nitrogens with one attached hydrogen (secondary N) is 2. The molecule has 0 bridgehead atoms. The second-order valence-electron chi connectivity index (χ2n) is 7.19. The van der Waals surface area contributed by atoms with E-state index in [1.165, 1.54) is 6.21 Å². The van der Waals surface area contributed by atoms with Crippen LogP contribution in [0.15, 0.2) is 90.0 Å². The number of carbonyl (C=O) groups excluding carboxylic acids is 1. The van der Waals surface area contributed by atoms with Gasteiger partial charge in [0.1, 0.15) is 11.4 Å². The van der Waals surface area contributed by atoms with Crippen molar-refractivity contribution in [3.8, 4) is 17.0 Å². The van der Waals surface area contributed by atoms with E-state index in [4.69, 9.17) is 0 Å². The molecule has 0 saturated carbocycles. The summed E-state index contributed by atoms with van der Waals surface area (Å²) in [5.41, 5.74) is 4.86. The molecular formula is C25H18N4O2. The number of carbonyl (C=O) groups is 1. The van der Waals surface area contributed by atoms with E-state index >= 15 is 0 Å². The van der Waals surface area contributed by atoms with Crippen LogP contribution in [0.1, 0.15) is 16.1 Å². The number of rotatable bonds is 4. The Morgan fingerprint density at radius 3 is 2.32 bits per heavy atom. The summed E-state index contributed by atoms with van der Waals surface area (Å²) in [6.07, 6.45) is 1.42. The molecule has 0 aliphatic heterocycles. The summed E-state index contributed by atoms with van der Waals surface area (Å²) < 4.78 is 0. The van der Waals surface area contributed by atoms with Crippen LogP contribution in [0.4, 0.5) is 0 Å². The fourth-order valence-corrected chi connectivity index (χ4v) is 3.50. The fraction of sp³-hybridized carbons (Fsp3) is 0. The molecule has 0 aliphatic rings. The van der Waals surface area contributed by atoms with Gasteiger partial charge in [0.15, 0.2) is 0 Å². The number of aromatic amines is 1. The summed E-state index contributed by atoms with van der Waals surface area (Å²) in [4.78, 5) is 12.4. The standard InChI is InChI=1S/C25H18N4O2/c30-24-13-19-8-4-3-7-18(19)12-21(24)15-26-29-25(31)23-14-22(27-28-23)20-10-9-16-5-1-2-6-17(16)11-20/h1-15,30H,(H,27,28)(H,29,31)/b26-15+. The summed E-state index contributed by atoms with van der Waals surface area (Å²) in [7, 11) is 0. The Hall–Kier alpha value is -4.45. The highest BCUT2D eigenvalue weighted by atomic mass is 16.3. The van der Waals surface area contributed by atoms with Crippen molar-refractivity contribution in [3.63, 3.8) is 0 Å². The van der Waals surface area contributed by atoms with E-state index in [-0.39, 0.29) is 5.75 Å². The number of H-pyrrole nitrogens is 1. The zero-order valence-electron chi connectivity index (χ0n) is 16.4. The monoisotopic (exact) mass is 406 g/mol. The molecule has 150 valence electrons. The number of phenolic OH excluding ortho intramolecular Hbond substituents is 1. The number of amides is 1. The molecule has 0 fully saturated rings. The lowest BCUT2D eigenvalue weighted by molar-refractivity contribution is 0.0950. The second kappa shape index (κ2) is 7.76. The normalized spacial score (nSPS) is 11.4. The third-order valence-corrected chi connectivity index (χ3v) is 5.13. The van der Waals surface area contributed by atoms with E-state index in [0.717, 1.165) is 27.1 Å². The molecule has 0 atom stereocenters. The average Bonchev–Trinajstić information content (AvgIpc) is 3.29. The van der Waals surface area contributed by atoms with Crippen molar-refractivity contribution in [1.29, 1.82) is 0 Å². The highest BCUT2D eigenvalue weighted by molar-refractivity contribution is 5.96. The highest BCUT2D eigenvalue weighted by Crippen LogP contribution is 2.24. The Kier molecular flexibility index (Phi) is 4.65. The third kappa shape index (κ3) is 3.74. The van der Waals surface area contributed by atoms with Crippen LogP contribution < -0.4 is 5.43 Å². The topological polar surface area (TPSA) is 90.4 Å². The van der Waals surface area contributed by atoms with Gasteiger partial charge in [-0.15, -0.1) is 0 Å². The summed E-state index contributed by atoms with van der Waals surface area (Å²) >= 11 is 0. The Morgan fingerprint density at radius 2 is 1.55 bits per heavy atom. The van der Waals surface area contributed by atoms with Gasteiger partial charge in [-0.3, -0.25) is 9.89 Å². The molecule has 5 rings (SSSR count). The minimum absolute atomic E-state index is 0.0943. The zero-order valence-corrected chi connectivity index (χ0v) is 16.4. The van der Waals surface area contributed by atoms with E-state index in [1.54, 1.807) is 12.1 Å². The first-order valence-corrected chi connectivity index (χ1v) is 9.77. The average molecular weight is 406 g/mol. The first-order valence-electron chi connectivity index (χ1n) is 9.77. The number of hydrogen-bond acceptors (Lipinski definition) is 4. The first-order chi connectivity index (χ1) is 15.2. The number of hydrogen-bond donors (Lipinski definition) is 3.